The Hall–Kier alpha value is -1.98. The molecule has 0 bridgehead atoms. The number of rotatable bonds is 6. The minimum absolute atomic E-state index is 0.0733. The van der Waals surface area contributed by atoms with Gasteiger partial charge in [0.15, 0.2) is 0 Å². The Kier molecular flexibility index (Phi) is 4.65. The standard InChI is InChI=1S/C17H19FN2O2/c18-17-12(5-7-21)2-1-3-16(17)13-8-15(10-19-9-13)22-11-14-4-6-20-14/h1-3,8-10,14,20-21H,4-7,11H2. The summed E-state index contributed by atoms with van der Waals surface area (Å²) >= 11 is 0. The van der Waals surface area contributed by atoms with Crippen molar-refractivity contribution in [1.29, 1.82) is 0 Å². The summed E-state index contributed by atoms with van der Waals surface area (Å²) in [6, 6.07) is 7.38. The lowest BCUT2D eigenvalue weighted by atomic mass is 10.0. The van der Waals surface area contributed by atoms with Gasteiger partial charge in [-0.15, -0.1) is 0 Å². The second-order valence-electron chi connectivity index (χ2n) is 5.41. The molecule has 1 aromatic heterocycles. The average Bonchev–Trinajstić information content (AvgIpc) is 2.48. The number of nitrogens with zero attached hydrogens (tertiary/aromatic N) is 1. The number of halogens is 1. The third kappa shape index (κ3) is 3.26. The highest BCUT2D eigenvalue weighted by atomic mass is 19.1. The quantitative estimate of drug-likeness (QED) is 0.858. The minimum Gasteiger partial charge on any atom is -0.490 e. The van der Waals surface area contributed by atoms with Crippen LogP contribution in [0.15, 0.2) is 36.7 Å². The summed E-state index contributed by atoms with van der Waals surface area (Å²) in [4.78, 5) is 4.14. The third-order valence-corrected chi connectivity index (χ3v) is 3.86. The molecule has 1 atom stereocenters. The summed E-state index contributed by atoms with van der Waals surface area (Å²) < 4.78 is 20.2. The topological polar surface area (TPSA) is 54.4 Å². The predicted molar refractivity (Wildman–Crippen MR) is 82.3 cm³/mol. The van der Waals surface area contributed by atoms with E-state index >= 15 is 0 Å². The summed E-state index contributed by atoms with van der Waals surface area (Å²) in [5, 5.41) is 12.3. The molecule has 1 saturated heterocycles. The van der Waals surface area contributed by atoms with Crippen molar-refractivity contribution in [3.8, 4) is 16.9 Å². The van der Waals surface area contributed by atoms with Crippen LogP contribution in [0, 0.1) is 5.82 Å². The number of hydrogen-bond donors (Lipinski definition) is 2. The fourth-order valence-corrected chi connectivity index (χ4v) is 2.45. The van der Waals surface area contributed by atoms with Crippen molar-refractivity contribution in [2.24, 2.45) is 0 Å². The van der Waals surface area contributed by atoms with Crippen LogP contribution in [0.25, 0.3) is 11.1 Å². The molecular formula is C17H19FN2O2. The van der Waals surface area contributed by atoms with Gasteiger partial charge in [0, 0.05) is 30.0 Å². The second kappa shape index (κ2) is 6.85. The molecule has 1 unspecified atom stereocenters. The Labute approximate surface area is 129 Å². The number of benzene rings is 1. The molecule has 0 spiro atoms. The molecule has 0 amide bonds. The smallest absolute Gasteiger partial charge is 0.138 e. The first kappa shape index (κ1) is 14.9. The molecule has 116 valence electrons. The summed E-state index contributed by atoms with van der Waals surface area (Å²) in [6.45, 7) is 1.56. The summed E-state index contributed by atoms with van der Waals surface area (Å²) in [6.07, 6.45) is 4.68. The first-order chi connectivity index (χ1) is 10.8. The van der Waals surface area contributed by atoms with Crippen molar-refractivity contribution in [1.82, 2.24) is 10.3 Å². The molecule has 0 aliphatic carbocycles. The highest BCUT2D eigenvalue weighted by Crippen LogP contribution is 2.27. The molecule has 1 fully saturated rings. The molecule has 22 heavy (non-hydrogen) atoms. The fourth-order valence-electron chi connectivity index (χ4n) is 2.45. The average molecular weight is 302 g/mol. The molecule has 0 radical (unpaired) electrons. The normalized spacial score (nSPS) is 17.1. The number of nitrogens with one attached hydrogen (secondary N) is 1. The molecule has 1 aliphatic rings. The first-order valence-corrected chi connectivity index (χ1v) is 7.48. The van der Waals surface area contributed by atoms with Gasteiger partial charge in [-0.25, -0.2) is 4.39 Å². The zero-order valence-electron chi connectivity index (χ0n) is 12.3. The van der Waals surface area contributed by atoms with Crippen LogP contribution in [0.2, 0.25) is 0 Å². The Morgan fingerprint density at radius 2 is 2.23 bits per heavy atom. The van der Waals surface area contributed by atoms with Crippen LogP contribution >= 0.6 is 0 Å². The number of hydrogen-bond acceptors (Lipinski definition) is 4. The van der Waals surface area contributed by atoms with E-state index in [0.717, 1.165) is 13.0 Å². The number of ether oxygens (including phenoxy) is 1. The number of aliphatic hydroxyl groups is 1. The molecule has 2 aromatic rings. The maximum atomic E-state index is 14.5. The highest BCUT2D eigenvalue weighted by molar-refractivity contribution is 5.65. The van der Waals surface area contributed by atoms with E-state index in [-0.39, 0.29) is 12.4 Å². The first-order valence-electron chi connectivity index (χ1n) is 7.48. The van der Waals surface area contributed by atoms with Gasteiger partial charge in [0.25, 0.3) is 0 Å². The van der Waals surface area contributed by atoms with E-state index in [1.54, 1.807) is 36.7 Å². The predicted octanol–water partition coefficient (Wildman–Crippen LogP) is 2.16. The van der Waals surface area contributed by atoms with Gasteiger partial charge in [-0.3, -0.25) is 4.98 Å². The van der Waals surface area contributed by atoms with Crippen molar-refractivity contribution in [3.63, 3.8) is 0 Å². The van der Waals surface area contributed by atoms with Crippen LogP contribution in [-0.2, 0) is 6.42 Å². The number of pyridine rings is 1. The van der Waals surface area contributed by atoms with Crippen molar-refractivity contribution in [2.75, 3.05) is 19.8 Å². The van der Waals surface area contributed by atoms with Gasteiger partial charge >= 0.3 is 0 Å². The highest BCUT2D eigenvalue weighted by Gasteiger charge is 2.17. The van der Waals surface area contributed by atoms with Gasteiger partial charge in [-0.1, -0.05) is 18.2 Å². The van der Waals surface area contributed by atoms with Gasteiger partial charge in [-0.05, 0) is 31.0 Å². The van der Waals surface area contributed by atoms with Gasteiger partial charge in [0.05, 0.1) is 6.20 Å². The van der Waals surface area contributed by atoms with Gasteiger partial charge < -0.3 is 15.2 Å². The van der Waals surface area contributed by atoms with Crippen molar-refractivity contribution in [3.05, 3.63) is 48.0 Å². The minimum atomic E-state index is -0.309. The molecule has 3 rings (SSSR count). The van der Waals surface area contributed by atoms with Crippen LogP contribution in [0.3, 0.4) is 0 Å². The van der Waals surface area contributed by atoms with E-state index < -0.39 is 0 Å². The largest absolute Gasteiger partial charge is 0.490 e. The number of aromatic nitrogens is 1. The van der Waals surface area contributed by atoms with E-state index in [1.165, 1.54) is 0 Å². The fraction of sp³-hybridized carbons (Fsp3) is 0.353. The van der Waals surface area contributed by atoms with Crippen molar-refractivity contribution in [2.45, 2.75) is 18.9 Å². The van der Waals surface area contributed by atoms with Crippen LogP contribution in [0.4, 0.5) is 4.39 Å². The number of aliphatic hydroxyl groups excluding tert-OH is 1. The Morgan fingerprint density at radius 3 is 2.95 bits per heavy atom. The third-order valence-electron chi connectivity index (χ3n) is 3.86. The summed E-state index contributed by atoms with van der Waals surface area (Å²) in [5.41, 5.74) is 1.66. The zero-order chi connectivity index (χ0) is 15.4. The van der Waals surface area contributed by atoms with E-state index in [2.05, 4.69) is 10.3 Å². The van der Waals surface area contributed by atoms with Crippen LogP contribution in [-0.4, -0.2) is 35.9 Å². The Balaban J connectivity index is 1.80. The Bertz CT molecular complexity index is 644. The lowest BCUT2D eigenvalue weighted by molar-refractivity contribution is 0.217. The van der Waals surface area contributed by atoms with Gasteiger partial charge in [0.1, 0.15) is 18.2 Å². The van der Waals surface area contributed by atoms with Crippen LogP contribution < -0.4 is 10.1 Å². The van der Waals surface area contributed by atoms with E-state index in [4.69, 9.17) is 9.84 Å². The molecule has 2 N–H and O–H groups in total. The summed E-state index contributed by atoms with van der Waals surface area (Å²) in [5.74, 6) is 0.328. The lowest BCUT2D eigenvalue weighted by Gasteiger charge is -2.27. The lowest BCUT2D eigenvalue weighted by Crippen LogP contribution is -2.46. The molecule has 1 aliphatic heterocycles. The Morgan fingerprint density at radius 1 is 1.36 bits per heavy atom. The molecule has 5 heteroatoms. The SMILES string of the molecule is OCCc1cccc(-c2cncc(OCC3CCN3)c2)c1F. The van der Waals surface area contributed by atoms with Crippen molar-refractivity contribution < 1.29 is 14.2 Å². The molecule has 4 nitrogen and oxygen atoms in total. The van der Waals surface area contributed by atoms with Crippen molar-refractivity contribution >= 4 is 0 Å². The molecule has 1 aromatic carbocycles. The van der Waals surface area contributed by atoms with Crippen LogP contribution in [0.5, 0.6) is 5.75 Å². The second-order valence-corrected chi connectivity index (χ2v) is 5.41. The van der Waals surface area contributed by atoms with E-state index in [0.29, 0.717) is 41.5 Å². The summed E-state index contributed by atoms with van der Waals surface area (Å²) in [7, 11) is 0. The maximum Gasteiger partial charge on any atom is 0.138 e. The van der Waals surface area contributed by atoms with E-state index in [1.807, 2.05) is 0 Å². The maximum absolute atomic E-state index is 14.5. The monoisotopic (exact) mass is 302 g/mol. The molecule has 0 saturated carbocycles. The van der Waals surface area contributed by atoms with Gasteiger partial charge in [-0.2, -0.15) is 0 Å². The zero-order valence-corrected chi connectivity index (χ0v) is 12.3. The van der Waals surface area contributed by atoms with Crippen LogP contribution in [0.1, 0.15) is 12.0 Å². The van der Waals surface area contributed by atoms with Gasteiger partial charge in [0.2, 0.25) is 0 Å². The molecular weight excluding hydrogens is 283 g/mol. The molecule has 2 heterocycles. The van der Waals surface area contributed by atoms with E-state index in [9.17, 15) is 4.39 Å².